The molecular formula is C20H21N5O6S. The molecule has 32 heavy (non-hydrogen) atoms. The molecule has 6 amide bonds. The number of urea groups is 2. The van der Waals surface area contributed by atoms with Gasteiger partial charge in [0.2, 0.25) is 5.91 Å². The molecule has 3 heterocycles. The topological polar surface area (TPSA) is 148 Å². The van der Waals surface area contributed by atoms with Crippen LogP contribution in [0, 0.1) is 0 Å². The molecule has 0 bridgehead atoms. The van der Waals surface area contributed by atoms with Crippen LogP contribution in [0.15, 0.2) is 41.6 Å². The minimum Gasteiger partial charge on any atom is -0.477 e. The lowest BCUT2D eigenvalue weighted by atomic mass is 10.0. The highest BCUT2D eigenvalue weighted by Gasteiger charge is 2.54. The summed E-state index contributed by atoms with van der Waals surface area (Å²) in [6, 6.07) is 5.08. The Balaban J connectivity index is 1.51. The number of hydrogen-bond donors (Lipinski definition) is 4. The zero-order chi connectivity index (χ0) is 23.0. The molecule has 12 heteroatoms. The quantitative estimate of drug-likeness (QED) is 0.461. The number of nitrogens with zero attached hydrogens (tertiary/aromatic N) is 2. The van der Waals surface area contributed by atoms with Gasteiger partial charge in [0.05, 0.1) is 0 Å². The first-order chi connectivity index (χ1) is 15.3. The fourth-order valence-corrected chi connectivity index (χ4v) is 5.12. The van der Waals surface area contributed by atoms with Gasteiger partial charge in [-0.1, -0.05) is 30.3 Å². The van der Waals surface area contributed by atoms with Crippen molar-refractivity contribution in [2.75, 3.05) is 18.8 Å². The van der Waals surface area contributed by atoms with E-state index in [-0.39, 0.29) is 12.2 Å². The Morgan fingerprint density at radius 2 is 1.94 bits per heavy atom. The van der Waals surface area contributed by atoms with Crippen molar-refractivity contribution in [2.24, 2.45) is 0 Å². The summed E-state index contributed by atoms with van der Waals surface area (Å²) in [5, 5.41) is 16.6. The van der Waals surface area contributed by atoms with Gasteiger partial charge in [-0.05, 0) is 18.1 Å². The van der Waals surface area contributed by atoms with Gasteiger partial charge in [0.1, 0.15) is 23.2 Å². The Bertz CT molecular complexity index is 1030. The predicted molar refractivity (Wildman–Crippen MR) is 113 cm³/mol. The van der Waals surface area contributed by atoms with E-state index in [0.717, 1.165) is 4.90 Å². The lowest BCUT2D eigenvalue weighted by Crippen LogP contribution is -2.71. The van der Waals surface area contributed by atoms with Crippen molar-refractivity contribution in [3.05, 3.63) is 47.2 Å². The Morgan fingerprint density at radius 1 is 1.22 bits per heavy atom. The molecule has 1 aromatic carbocycles. The third kappa shape index (κ3) is 3.77. The molecule has 2 saturated heterocycles. The molecule has 3 unspecified atom stereocenters. The highest BCUT2D eigenvalue weighted by Crippen LogP contribution is 2.40. The number of fused-ring (bicyclic) bond motifs is 1. The average Bonchev–Trinajstić information content (AvgIpc) is 3.21. The number of imide groups is 1. The van der Waals surface area contributed by atoms with Gasteiger partial charge in [-0.2, -0.15) is 0 Å². The third-order valence-electron chi connectivity index (χ3n) is 5.42. The van der Waals surface area contributed by atoms with Crippen molar-refractivity contribution in [3.8, 4) is 0 Å². The van der Waals surface area contributed by atoms with E-state index in [0.29, 0.717) is 23.4 Å². The van der Waals surface area contributed by atoms with Crippen molar-refractivity contribution in [1.82, 2.24) is 25.8 Å². The number of rotatable bonds is 5. The number of nitrogens with one attached hydrogen (secondary N) is 3. The minimum atomic E-state index is -1.19. The van der Waals surface area contributed by atoms with E-state index in [9.17, 15) is 29.1 Å². The highest BCUT2D eigenvalue weighted by molar-refractivity contribution is 8.00. The number of carbonyl (C=O) groups is 5. The number of benzene rings is 1. The maximum Gasteiger partial charge on any atom is 0.352 e. The summed E-state index contributed by atoms with van der Waals surface area (Å²) in [5.74, 6) is -1.93. The second-order valence-electron chi connectivity index (χ2n) is 7.51. The summed E-state index contributed by atoms with van der Waals surface area (Å²) in [6.45, 7) is 2.15. The lowest BCUT2D eigenvalue weighted by molar-refractivity contribution is -0.151. The van der Waals surface area contributed by atoms with Crippen molar-refractivity contribution >= 4 is 41.6 Å². The Hall–Kier alpha value is -3.54. The van der Waals surface area contributed by atoms with Crippen molar-refractivity contribution < 1.29 is 29.1 Å². The summed E-state index contributed by atoms with van der Waals surface area (Å²) in [4.78, 5) is 63.9. The molecule has 3 aliphatic heterocycles. The molecule has 4 rings (SSSR count). The second kappa shape index (κ2) is 8.54. The monoisotopic (exact) mass is 459 g/mol. The molecule has 3 atom stereocenters. The van der Waals surface area contributed by atoms with Crippen molar-refractivity contribution in [1.29, 1.82) is 0 Å². The lowest BCUT2D eigenvalue weighted by Gasteiger charge is -2.49. The zero-order valence-corrected chi connectivity index (χ0v) is 17.8. The summed E-state index contributed by atoms with van der Waals surface area (Å²) in [5.41, 5.74) is 0.993. The van der Waals surface area contributed by atoms with E-state index in [1.807, 2.05) is 0 Å². The predicted octanol–water partition coefficient (Wildman–Crippen LogP) is 0.221. The molecule has 0 spiro atoms. The molecular weight excluding hydrogens is 438 g/mol. The minimum absolute atomic E-state index is 0.0581. The molecule has 4 N–H and O–H groups in total. The van der Waals surface area contributed by atoms with E-state index < -0.39 is 47.3 Å². The maximum atomic E-state index is 13.1. The smallest absolute Gasteiger partial charge is 0.352 e. The van der Waals surface area contributed by atoms with E-state index >= 15 is 0 Å². The van der Waals surface area contributed by atoms with Gasteiger partial charge in [0, 0.05) is 18.8 Å². The molecule has 0 aromatic heterocycles. The SMILES string of the molecule is CC1=C(C(=O)O)N2C(=O)C(NC(=O)C(NC(=O)N3CCNC3=O)c3ccccc3)C2SC1. The van der Waals surface area contributed by atoms with E-state index in [1.54, 1.807) is 37.3 Å². The molecule has 168 valence electrons. The van der Waals surface area contributed by atoms with Crippen molar-refractivity contribution in [3.63, 3.8) is 0 Å². The van der Waals surface area contributed by atoms with Crippen LogP contribution < -0.4 is 16.0 Å². The molecule has 2 fully saturated rings. The number of β-lactam (4-membered cyclic amide) rings is 1. The van der Waals surface area contributed by atoms with Crippen LogP contribution in [-0.2, 0) is 14.4 Å². The number of thioether (sulfide) groups is 1. The standard InChI is InChI=1S/C20H21N5O6S/c1-10-9-32-17-13(16(27)25(17)14(10)18(28)29)22-15(26)12(11-5-3-2-4-6-11)23-20(31)24-8-7-21-19(24)30/h2-6,12-13,17H,7-9H2,1H3,(H,21,30)(H,22,26)(H,23,31)(H,28,29). The van der Waals surface area contributed by atoms with Gasteiger partial charge in [-0.3, -0.25) is 14.5 Å². The Labute approximate surface area is 187 Å². The molecule has 0 aliphatic carbocycles. The zero-order valence-electron chi connectivity index (χ0n) is 17.0. The number of carboxylic acid groups (broad SMARTS) is 1. The van der Waals surface area contributed by atoms with Crippen LogP contribution in [0.2, 0.25) is 0 Å². The van der Waals surface area contributed by atoms with Crippen LogP contribution >= 0.6 is 11.8 Å². The van der Waals surface area contributed by atoms with Crippen molar-refractivity contribution in [2.45, 2.75) is 24.4 Å². The van der Waals surface area contributed by atoms with Crippen LogP contribution in [-0.4, -0.2) is 75.0 Å². The Kier molecular flexibility index (Phi) is 5.78. The first-order valence-electron chi connectivity index (χ1n) is 9.88. The number of aliphatic carboxylic acids is 1. The molecule has 0 saturated carbocycles. The van der Waals surface area contributed by atoms with E-state index in [1.165, 1.54) is 16.7 Å². The number of amides is 6. The van der Waals surface area contributed by atoms with Gasteiger partial charge in [-0.15, -0.1) is 11.8 Å². The number of carbonyl (C=O) groups excluding carboxylic acids is 4. The highest BCUT2D eigenvalue weighted by atomic mass is 32.2. The average molecular weight is 459 g/mol. The first-order valence-corrected chi connectivity index (χ1v) is 10.9. The fraction of sp³-hybridized carbons (Fsp3) is 0.350. The van der Waals surface area contributed by atoms with Crippen LogP contribution in [0.5, 0.6) is 0 Å². The number of hydrogen-bond acceptors (Lipinski definition) is 6. The van der Waals surface area contributed by atoms with Gasteiger partial charge < -0.3 is 21.1 Å². The molecule has 0 radical (unpaired) electrons. The van der Waals surface area contributed by atoms with Gasteiger partial charge in [-0.25, -0.2) is 19.3 Å². The van der Waals surface area contributed by atoms with E-state index in [2.05, 4.69) is 16.0 Å². The fourth-order valence-electron chi connectivity index (χ4n) is 3.82. The molecule has 11 nitrogen and oxygen atoms in total. The summed E-state index contributed by atoms with van der Waals surface area (Å²) in [6.07, 6.45) is 0. The Morgan fingerprint density at radius 3 is 2.56 bits per heavy atom. The van der Waals surface area contributed by atoms with Gasteiger partial charge in [0.25, 0.3) is 5.91 Å². The van der Waals surface area contributed by atoms with Gasteiger partial charge in [0.15, 0.2) is 0 Å². The third-order valence-corrected chi connectivity index (χ3v) is 6.85. The largest absolute Gasteiger partial charge is 0.477 e. The number of carboxylic acids is 1. The maximum absolute atomic E-state index is 13.1. The summed E-state index contributed by atoms with van der Waals surface area (Å²) < 4.78 is 0. The van der Waals surface area contributed by atoms with E-state index in [4.69, 9.17) is 0 Å². The van der Waals surface area contributed by atoms with Crippen LogP contribution in [0.4, 0.5) is 9.59 Å². The molecule has 3 aliphatic rings. The second-order valence-corrected chi connectivity index (χ2v) is 8.61. The van der Waals surface area contributed by atoms with Crippen LogP contribution in [0.25, 0.3) is 0 Å². The summed E-state index contributed by atoms with van der Waals surface area (Å²) >= 11 is 1.36. The first kappa shape index (κ1) is 21.7. The van der Waals surface area contributed by atoms with Crippen LogP contribution in [0.1, 0.15) is 18.5 Å². The normalized spacial score (nSPS) is 23.2. The molecule has 1 aromatic rings. The van der Waals surface area contributed by atoms with Gasteiger partial charge >= 0.3 is 18.0 Å². The summed E-state index contributed by atoms with van der Waals surface area (Å²) in [7, 11) is 0. The van der Waals surface area contributed by atoms with Crippen LogP contribution in [0.3, 0.4) is 0 Å².